The summed E-state index contributed by atoms with van der Waals surface area (Å²) in [5.41, 5.74) is 1.17. The number of hydrogen-bond acceptors (Lipinski definition) is 5. The molecule has 2 aromatic heterocycles. The van der Waals surface area contributed by atoms with Crippen LogP contribution in [0.1, 0.15) is 37.3 Å². The number of ether oxygens (including phenoxy) is 1. The summed E-state index contributed by atoms with van der Waals surface area (Å²) in [5.74, 6) is 1.39. The van der Waals surface area contributed by atoms with Gasteiger partial charge in [-0.1, -0.05) is 0 Å². The highest BCUT2D eigenvalue weighted by atomic mass is 16.5. The molecule has 0 spiro atoms. The zero-order valence-corrected chi connectivity index (χ0v) is 15.6. The van der Waals surface area contributed by atoms with Gasteiger partial charge >= 0.3 is 0 Å². The zero-order valence-electron chi connectivity index (χ0n) is 15.6. The molecule has 0 unspecified atom stereocenters. The van der Waals surface area contributed by atoms with Gasteiger partial charge in [-0.25, -0.2) is 0 Å². The SMILES string of the molecule is O=C(Cn1nccc1[C@H]1CCCNC1)N1CCC(Oc2cccnc2)CC1. The van der Waals surface area contributed by atoms with Gasteiger partial charge in [-0.15, -0.1) is 0 Å². The van der Waals surface area contributed by atoms with Gasteiger partial charge in [-0.05, 0) is 37.6 Å². The molecule has 0 aliphatic carbocycles. The van der Waals surface area contributed by atoms with E-state index in [2.05, 4.69) is 21.5 Å². The molecule has 0 radical (unpaired) electrons. The van der Waals surface area contributed by atoms with Crippen molar-refractivity contribution in [2.45, 2.75) is 44.2 Å². The Morgan fingerprint density at radius 2 is 2.11 bits per heavy atom. The molecule has 7 heteroatoms. The van der Waals surface area contributed by atoms with Crippen LogP contribution < -0.4 is 10.1 Å². The molecule has 1 atom stereocenters. The predicted octanol–water partition coefficient (Wildman–Crippen LogP) is 1.82. The van der Waals surface area contributed by atoms with E-state index in [0.717, 1.165) is 51.2 Å². The summed E-state index contributed by atoms with van der Waals surface area (Å²) in [6, 6.07) is 5.85. The molecule has 2 aromatic rings. The molecule has 0 aromatic carbocycles. The van der Waals surface area contributed by atoms with Crippen molar-refractivity contribution in [3.8, 4) is 5.75 Å². The van der Waals surface area contributed by atoms with Gasteiger partial charge in [0.2, 0.25) is 5.91 Å². The monoisotopic (exact) mass is 369 g/mol. The minimum absolute atomic E-state index is 0.142. The number of aromatic nitrogens is 3. The molecule has 0 saturated carbocycles. The van der Waals surface area contributed by atoms with E-state index in [0.29, 0.717) is 12.5 Å². The van der Waals surface area contributed by atoms with Gasteiger partial charge in [0.25, 0.3) is 0 Å². The molecular formula is C20H27N5O2. The Balaban J connectivity index is 1.29. The lowest BCUT2D eigenvalue weighted by atomic mass is 9.96. The topological polar surface area (TPSA) is 72.3 Å². The van der Waals surface area contributed by atoms with Crippen molar-refractivity contribution >= 4 is 5.91 Å². The van der Waals surface area contributed by atoms with Gasteiger partial charge in [0.05, 0.1) is 6.20 Å². The number of nitrogens with one attached hydrogen (secondary N) is 1. The number of likely N-dealkylation sites (tertiary alicyclic amines) is 1. The quantitative estimate of drug-likeness (QED) is 0.870. The van der Waals surface area contributed by atoms with E-state index < -0.39 is 0 Å². The highest BCUT2D eigenvalue weighted by Crippen LogP contribution is 2.23. The van der Waals surface area contributed by atoms with E-state index in [-0.39, 0.29) is 12.0 Å². The number of carbonyl (C=O) groups excluding carboxylic acids is 1. The van der Waals surface area contributed by atoms with E-state index in [1.54, 1.807) is 12.4 Å². The molecule has 2 fully saturated rings. The number of hydrogen-bond donors (Lipinski definition) is 1. The van der Waals surface area contributed by atoms with Gasteiger partial charge in [-0.2, -0.15) is 5.10 Å². The molecule has 2 aliphatic rings. The summed E-state index contributed by atoms with van der Waals surface area (Å²) in [6.07, 6.45) is 9.45. The summed E-state index contributed by atoms with van der Waals surface area (Å²) in [6.45, 7) is 3.83. The Hall–Kier alpha value is -2.41. The third-order valence-corrected chi connectivity index (χ3v) is 5.48. The van der Waals surface area contributed by atoms with Crippen molar-refractivity contribution in [1.29, 1.82) is 0 Å². The van der Waals surface area contributed by atoms with Crippen LogP contribution in [0.3, 0.4) is 0 Å². The fraction of sp³-hybridized carbons (Fsp3) is 0.550. The van der Waals surface area contributed by atoms with Crippen molar-refractivity contribution in [1.82, 2.24) is 25.0 Å². The highest BCUT2D eigenvalue weighted by Gasteiger charge is 2.26. The molecule has 1 amide bonds. The number of pyridine rings is 1. The van der Waals surface area contributed by atoms with Crippen LogP contribution in [0.2, 0.25) is 0 Å². The van der Waals surface area contributed by atoms with Crippen LogP contribution in [-0.4, -0.2) is 57.9 Å². The van der Waals surface area contributed by atoms with Crippen LogP contribution in [-0.2, 0) is 11.3 Å². The van der Waals surface area contributed by atoms with Gasteiger partial charge in [-0.3, -0.25) is 14.5 Å². The Labute approximate surface area is 159 Å². The van der Waals surface area contributed by atoms with Gasteiger partial charge < -0.3 is 15.0 Å². The number of rotatable bonds is 5. The number of nitrogens with zero attached hydrogens (tertiary/aromatic N) is 4. The molecule has 27 heavy (non-hydrogen) atoms. The van der Waals surface area contributed by atoms with Crippen LogP contribution in [0.5, 0.6) is 5.75 Å². The zero-order chi connectivity index (χ0) is 18.5. The predicted molar refractivity (Wildman–Crippen MR) is 102 cm³/mol. The van der Waals surface area contributed by atoms with E-state index in [1.165, 1.54) is 12.1 Å². The Morgan fingerprint density at radius 1 is 1.22 bits per heavy atom. The van der Waals surface area contributed by atoms with Crippen LogP contribution in [0.15, 0.2) is 36.8 Å². The normalized spacial score (nSPS) is 21.2. The standard InChI is InChI=1S/C20H27N5O2/c26-20(15-25-19(5-10-23-25)16-3-1-8-21-13-16)24-11-6-17(7-12-24)27-18-4-2-9-22-14-18/h2,4-5,9-10,14,16-17,21H,1,3,6-8,11-13,15H2/t16-/m0/s1. The fourth-order valence-electron chi connectivity index (χ4n) is 3.99. The molecule has 1 N–H and O–H groups in total. The number of carbonyl (C=O) groups is 1. The summed E-state index contributed by atoms with van der Waals surface area (Å²) >= 11 is 0. The smallest absolute Gasteiger partial charge is 0.244 e. The largest absolute Gasteiger partial charge is 0.489 e. The lowest BCUT2D eigenvalue weighted by molar-refractivity contribution is -0.133. The first-order chi connectivity index (χ1) is 13.3. The van der Waals surface area contributed by atoms with Crippen LogP contribution in [0, 0.1) is 0 Å². The fourth-order valence-corrected chi connectivity index (χ4v) is 3.99. The average molecular weight is 369 g/mol. The maximum absolute atomic E-state index is 12.8. The highest BCUT2D eigenvalue weighted by molar-refractivity contribution is 5.76. The average Bonchev–Trinajstić information content (AvgIpc) is 3.18. The van der Waals surface area contributed by atoms with Crippen molar-refractivity contribution in [3.05, 3.63) is 42.5 Å². The number of amides is 1. The third kappa shape index (κ3) is 4.47. The maximum Gasteiger partial charge on any atom is 0.244 e. The summed E-state index contributed by atoms with van der Waals surface area (Å²) < 4.78 is 7.85. The van der Waals surface area contributed by atoms with Crippen molar-refractivity contribution in [2.24, 2.45) is 0 Å². The molecular weight excluding hydrogens is 342 g/mol. The molecule has 2 aliphatic heterocycles. The van der Waals surface area contributed by atoms with Crippen LogP contribution in [0.25, 0.3) is 0 Å². The molecule has 2 saturated heterocycles. The molecule has 144 valence electrons. The van der Waals surface area contributed by atoms with E-state index in [4.69, 9.17) is 4.74 Å². The maximum atomic E-state index is 12.8. The van der Waals surface area contributed by atoms with E-state index >= 15 is 0 Å². The summed E-state index contributed by atoms with van der Waals surface area (Å²) in [7, 11) is 0. The van der Waals surface area contributed by atoms with Gasteiger partial charge in [0.1, 0.15) is 18.4 Å². The molecule has 0 bridgehead atoms. The molecule has 7 nitrogen and oxygen atoms in total. The minimum Gasteiger partial charge on any atom is -0.489 e. The Bertz CT molecular complexity index is 734. The second-order valence-corrected chi connectivity index (χ2v) is 7.34. The van der Waals surface area contributed by atoms with Crippen molar-refractivity contribution in [2.75, 3.05) is 26.2 Å². The third-order valence-electron chi connectivity index (χ3n) is 5.48. The van der Waals surface area contributed by atoms with Crippen LogP contribution >= 0.6 is 0 Å². The lowest BCUT2D eigenvalue weighted by Gasteiger charge is -2.32. The van der Waals surface area contributed by atoms with Crippen LogP contribution in [0.4, 0.5) is 0 Å². The van der Waals surface area contributed by atoms with Crippen molar-refractivity contribution in [3.63, 3.8) is 0 Å². The molecule has 4 rings (SSSR count). The second-order valence-electron chi connectivity index (χ2n) is 7.34. The van der Waals surface area contributed by atoms with Gasteiger partial charge in [0, 0.05) is 56.5 Å². The molecule has 4 heterocycles. The van der Waals surface area contributed by atoms with Crippen molar-refractivity contribution < 1.29 is 9.53 Å². The number of piperidine rings is 2. The Morgan fingerprint density at radius 3 is 2.85 bits per heavy atom. The van der Waals surface area contributed by atoms with Gasteiger partial charge in [0.15, 0.2) is 0 Å². The Kier molecular flexibility index (Phi) is 5.67. The first kappa shape index (κ1) is 18.0. The first-order valence-corrected chi connectivity index (χ1v) is 9.86. The lowest BCUT2D eigenvalue weighted by Crippen LogP contribution is -2.43. The van der Waals surface area contributed by atoms with E-state index in [9.17, 15) is 4.79 Å². The summed E-state index contributed by atoms with van der Waals surface area (Å²) in [4.78, 5) is 18.8. The minimum atomic E-state index is 0.142. The summed E-state index contributed by atoms with van der Waals surface area (Å²) in [5, 5.41) is 7.84. The second kappa shape index (κ2) is 8.52. The first-order valence-electron chi connectivity index (χ1n) is 9.86. The van der Waals surface area contributed by atoms with E-state index in [1.807, 2.05) is 27.9 Å².